The lowest BCUT2D eigenvalue weighted by molar-refractivity contribution is -0.167. The molecule has 0 spiro atoms. The number of carbonyl (C=O) groups is 3. The van der Waals surface area contributed by atoms with E-state index in [1.54, 1.807) is 0 Å². The summed E-state index contributed by atoms with van der Waals surface area (Å²) < 4.78 is 16.9. The Morgan fingerprint density at radius 2 is 0.534 bits per heavy atom. The topological polar surface area (TPSA) is 78.9 Å². The van der Waals surface area contributed by atoms with Crippen molar-refractivity contribution in [3.63, 3.8) is 0 Å². The van der Waals surface area contributed by atoms with Gasteiger partial charge in [0.1, 0.15) is 13.2 Å². The van der Waals surface area contributed by atoms with E-state index in [1.165, 1.54) is 96.3 Å². The fraction of sp³-hybridized carbons (Fsp3) is 0.687. The fourth-order valence-corrected chi connectivity index (χ4v) is 8.18. The third-order valence-corrected chi connectivity index (χ3v) is 12.7. The number of unbranched alkanes of at least 4 members (excludes halogenated alkanes) is 25. The van der Waals surface area contributed by atoms with Crippen LogP contribution >= 0.6 is 0 Å². The maximum atomic E-state index is 12.9. The van der Waals surface area contributed by atoms with Gasteiger partial charge >= 0.3 is 17.9 Å². The molecule has 0 aromatic rings. The van der Waals surface area contributed by atoms with Crippen molar-refractivity contribution in [2.24, 2.45) is 0 Å². The Balaban J connectivity index is 4.38. The number of esters is 3. The minimum atomic E-state index is -0.796. The first-order valence-corrected chi connectivity index (χ1v) is 30.4. The molecule has 1 atom stereocenters. The van der Waals surface area contributed by atoms with E-state index in [-0.39, 0.29) is 31.1 Å². The van der Waals surface area contributed by atoms with Crippen molar-refractivity contribution in [2.45, 2.75) is 284 Å². The minimum absolute atomic E-state index is 0.0924. The molecule has 1 unspecified atom stereocenters. The second-order valence-electron chi connectivity index (χ2n) is 19.9. The van der Waals surface area contributed by atoms with Gasteiger partial charge in [-0.2, -0.15) is 0 Å². The van der Waals surface area contributed by atoms with Crippen molar-refractivity contribution >= 4 is 17.9 Å². The molecule has 0 aliphatic carbocycles. The molecule has 0 amide bonds. The average molecular weight is 1010 g/mol. The average Bonchev–Trinajstić information content (AvgIpc) is 3.39. The van der Waals surface area contributed by atoms with E-state index >= 15 is 0 Å². The van der Waals surface area contributed by atoms with Gasteiger partial charge in [0.15, 0.2) is 6.10 Å². The molecule has 0 heterocycles. The van der Waals surface area contributed by atoms with E-state index in [1.807, 2.05) is 0 Å². The molecule has 6 heteroatoms. The minimum Gasteiger partial charge on any atom is -0.462 e. The maximum Gasteiger partial charge on any atom is 0.306 e. The zero-order valence-corrected chi connectivity index (χ0v) is 47.6. The monoisotopic (exact) mass is 1010 g/mol. The highest BCUT2D eigenvalue weighted by atomic mass is 16.6. The summed E-state index contributed by atoms with van der Waals surface area (Å²) in [5, 5.41) is 0. The summed E-state index contributed by atoms with van der Waals surface area (Å²) in [4.78, 5) is 38.2. The van der Waals surface area contributed by atoms with Crippen LogP contribution in [0.15, 0.2) is 109 Å². The summed E-state index contributed by atoms with van der Waals surface area (Å²) in [5.74, 6) is -0.926. The fourth-order valence-electron chi connectivity index (χ4n) is 8.18. The molecule has 416 valence electrons. The van der Waals surface area contributed by atoms with Gasteiger partial charge in [-0.3, -0.25) is 14.4 Å². The van der Waals surface area contributed by atoms with Crippen molar-refractivity contribution < 1.29 is 28.6 Å². The van der Waals surface area contributed by atoms with Crippen LogP contribution in [0.2, 0.25) is 0 Å². The van der Waals surface area contributed by atoms with Gasteiger partial charge in [-0.05, 0) is 128 Å². The van der Waals surface area contributed by atoms with Crippen molar-refractivity contribution in [1.29, 1.82) is 0 Å². The molecule has 0 fully saturated rings. The lowest BCUT2D eigenvalue weighted by Crippen LogP contribution is -2.30. The lowest BCUT2D eigenvalue weighted by Gasteiger charge is -2.18. The van der Waals surface area contributed by atoms with Crippen LogP contribution in [-0.4, -0.2) is 37.2 Å². The Morgan fingerprint density at radius 3 is 0.849 bits per heavy atom. The Kier molecular flexibility index (Phi) is 57.4. The molecule has 0 saturated carbocycles. The van der Waals surface area contributed by atoms with Gasteiger partial charge in [-0.15, -0.1) is 0 Å². The molecule has 0 aromatic heterocycles. The molecule has 0 bridgehead atoms. The number of hydrogen-bond donors (Lipinski definition) is 0. The van der Waals surface area contributed by atoms with Gasteiger partial charge < -0.3 is 14.2 Å². The van der Waals surface area contributed by atoms with Crippen LogP contribution in [0, 0.1) is 0 Å². The maximum absolute atomic E-state index is 12.9. The van der Waals surface area contributed by atoms with Crippen LogP contribution in [0.4, 0.5) is 0 Å². The van der Waals surface area contributed by atoms with Crippen LogP contribution in [-0.2, 0) is 28.6 Å². The number of allylic oxidation sites excluding steroid dienone is 18. The predicted octanol–water partition coefficient (Wildman–Crippen LogP) is 20.7. The van der Waals surface area contributed by atoms with E-state index in [2.05, 4.69) is 130 Å². The molecule has 0 radical (unpaired) electrons. The van der Waals surface area contributed by atoms with E-state index < -0.39 is 6.10 Å². The highest BCUT2D eigenvalue weighted by Gasteiger charge is 2.19. The first-order valence-electron chi connectivity index (χ1n) is 30.4. The SMILES string of the molecule is CC/C=C\C/C=C\C/C=C\C/C=C\C/C=C\C/C=C\C/C=C\CCCCCCCC(=O)OCC(COC(=O)CCCCCCC/C=C\CCCCCCC)OC(=O)CCCCCCC/C=C\CCCCCCC. The second-order valence-corrected chi connectivity index (χ2v) is 19.9. The first-order chi connectivity index (χ1) is 36.0. The number of carbonyl (C=O) groups excluding carboxylic acids is 3. The molecule has 0 aliphatic rings. The molecule has 0 aromatic carbocycles. The van der Waals surface area contributed by atoms with Gasteiger partial charge in [0.25, 0.3) is 0 Å². The number of ether oxygens (including phenoxy) is 3. The van der Waals surface area contributed by atoms with Gasteiger partial charge in [0.2, 0.25) is 0 Å². The van der Waals surface area contributed by atoms with E-state index in [9.17, 15) is 14.4 Å². The van der Waals surface area contributed by atoms with E-state index in [0.29, 0.717) is 19.3 Å². The molecule has 0 aliphatic heterocycles. The molecule has 6 nitrogen and oxygen atoms in total. The van der Waals surface area contributed by atoms with Gasteiger partial charge in [0.05, 0.1) is 0 Å². The van der Waals surface area contributed by atoms with E-state index in [4.69, 9.17) is 14.2 Å². The summed E-state index contributed by atoms with van der Waals surface area (Å²) in [5.41, 5.74) is 0. The van der Waals surface area contributed by atoms with Crippen molar-refractivity contribution in [1.82, 2.24) is 0 Å². The van der Waals surface area contributed by atoms with Crippen LogP contribution in [0.25, 0.3) is 0 Å². The summed E-state index contributed by atoms with van der Waals surface area (Å²) in [7, 11) is 0. The Labute approximate surface area is 450 Å². The van der Waals surface area contributed by atoms with Crippen molar-refractivity contribution in [3.8, 4) is 0 Å². The molecule has 0 N–H and O–H groups in total. The zero-order valence-electron chi connectivity index (χ0n) is 47.6. The smallest absolute Gasteiger partial charge is 0.306 e. The van der Waals surface area contributed by atoms with Crippen LogP contribution in [0.5, 0.6) is 0 Å². The highest BCUT2D eigenvalue weighted by molar-refractivity contribution is 5.71. The molecule has 0 rings (SSSR count). The second kappa shape index (κ2) is 60.6. The Morgan fingerprint density at radius 1 is 0.288 bits per heavy atom. The van der Waals surface area contributed by atoms with Crippen LogP contribution in [0.1, 0.15) is 278 Å². The van der Waals surface area contributed by atoms with Crippen LogP contribution in [0.3, 0.4) is 0 Å². The zero-order chi connectivity index (χ0) is 52.9. The van der Waals surface area contributed by atoms with Gasteiger partial charge in [0, 0.05) is 19.3 Å². The molecular weight excluding hydrogens is 901 g/mol. The van der Waals surface area contributed by atoms with Gasteiger partial charge in [-0.1, -0.05) is 239 Å². The Hall–Kier alpha value is -3.93. The first kappa shape index (κ1) is 69.1. The largest absolute Gasteiger partial charge is 0.462 e. The van der Waals surface area contributed by atoms with E-state index in [0.717, 1.165) is 141 Å². The Bertz CT molecular complexity index is 1490. The molecule has 0 saturated heterocycles. The van der Waals surface area contributed by atoms with Gasteiger partial charge in [-0.25, -0.2) is 0 Å². The standard InChI is InChI=1S/C67H112O6/c1-4-7-10-13-16-19-22-25-28-29-30-31-32-33-34-35-36-37-38-39-40-43-45-48-51-54-57-60-66(69)72-63-64(73-67(70)61-58-55-52-49-46-42-27-24-21-18-15-12-9-6-3)62-71-65(68)59-56-53-50-47-44-41-26-23-20-17-14-11-8-5-2/h7,10,16,19,23-28,30-31,33-34,36-37,39-40,64H,4-6,8-9,11-15,17-18,20-22,29,32,35,38,41-63H2,1-3H3/b10-7-,19-16-,26-23-,27-24-,28-25-,31-30-,34-33-,37-36-,40-39-. The summed E-state index contributed by atoms with van der Waals surface area (Å²) in [6, 6.07) is 0. The molecule has 73 heavy (non-hydrogen) atoms. The highest BCUT2D eigenvalue weighted by Crippen LogP contribution is 2.14. The summed E-state index contributed by atoms with van der Waals surface area (Å²) in [6.45, 7) is 6.48. The lowest BCUT2D eigenvalue weighted by atomic mass is 10.1. The van der Waals surface area contributed by atoms with Crippen molar-refractivity contribution in [2.75, 3.05) is 13.2 Å². The molecular formula is C67H112O6. The quantitative estimate of drug-likeness (QED) is 0.0261. The third kappa shape index (κ3) is 58.8. The summed E-state index contributed by atoms with van der Waals surface area (Å²) >= 11 is 0. The normalized spacial score (nSPS) is 12.9. The van der Waals surface area contributed by atoms with Crippen LogP contribution < -0.4 is 0 Å². The number of rotatable bonds is 54. The van der Waals surface area contributed by atoms with Crippen molar-refractivity contribution in [3.05, 3.63) is 109 Å². The predicted molar refractivity (Wildman–Crippen MR) is 316 cm³/mol. The number of hydrogen-bond acceptors (Lipinski definition) is 6. The third-order valence-electron chi connectivity index (χ3n) is 12.7. The summed E-state index contributed by atoms with van der Waals surface area (Å²) in [6.07, 6.45) is 82.2.